The van der Waals surface area contributed by atoms with Gasteiger partial charge in [-0.05, 0) is 43.9 Å². The van der Waals surface area contributed by atoms with Crippen LogP contribution in [0.3, 0.4) is 0 Å². The predicted octanol–water partition coefficient (Wildman–Crippen LogP) is 1.38. The van der Waals surface area contributed by atoms with Gasteiger partial charge in [0.2, 0.25) is 5.36 Å². The van der Waals surface area contributed by atoms with Gasteiger partial charge in [0.25, 0.3) is 0 Å². The van der Waals surface area contributed by atoms with E-state index in [-0.39, 0.29) is 5.91 Å². The maximum Gasteiger partial charge on any atom is 0.606 e. The number of fused-ring (bicyclic) bond motifs is 1. The first-order valence-electron chi connectivity index (χ1n) is 6.42. The number of benzene rings is 1. The number of carbonyl (C=O) groups is 2. The number of hydrogen-bond donors (Lipinski definition) is 0. The molecule has 104 valence electrons. The van der Waals surface area contributed by atoms with E-state index in [0.717, 1.165) is 9.79 Å². The van der Waals surface area contributed by atoms with Crippen LogP contribution in [0.4, 0.5) is 4.79 Å². The summed E-state index contributed by atoms with van der Waals surface area (Å²) >= 11 is 0. The quantitative estimate of drug-likeness (QED) is 0.726. The lowest BCUT2D eigenvalue weighted by Crippen LogP contribution is -2.43. The van der Waals surface area contributed by atoms with Crippen molar-refractivity contribution in [2.45, 2.75) is 33.3 Å². The van der Waals surface area contributed by atoms with E-state index in [1.165, 1.54) is 0 Å². The molecule has 0 aromatic heterocycles. The molecule has 0 N–H and O–H groups in total. The maximum absolute atomic E-state index is 12.5. The van der Waals surface area contributed by atoms with Crippen molar-refractivity contribution in [2.75, 3.05) is 0 Å². The lowest BCUT2D eigenvalue weighted by Gasteiger charge is -2.15. The Bertz CT molecular complexity index is 736. The summed E-state index contributed by atoms with van der Waals surface area (Å²) in [6, 6.07) is 7.15. The molecule has 0 aliphatic carbocycles. The molecule has 1 aromatic carbocycles. The van der Waals surface area contributed by atoms with Gasteiger partial charge in [-0.1, -0.05) is 18.7 Å². The zero-order valence-electron chi connectivity index (χ0n) is 12.2. The standard InChI is InChI=1S/C16H18NO3/c1-10(2)13-11-8-6-7-9-12(11)17(14(13)18)15(19)20-16(3,4)5/h6-9H,1H2,2-5H3/q+1. The van der Waals surface area contributed by atoms with E-state index in [1.54, 1.807) is 39.8 Å². The Morgan fingerprint density at radius 3 is 2.40 bits per heavy atom. The van der Waals surface area contributed by atoms with Crippen LogP contribution in [0.1, 0.15) is 27.7 Å². The number of ether oxygens (including phenoxy) is 1. The molecule has 0 saturated heterocycles. The largest absolute Gasteiger partial charge is 0.606 e. The Labute approximate surface area is 117 Å². The van der Waals surface area contributed by atoms with Crippen LogP contribution in [-0.2, 0) is 9.53 Å². The van der Waals surface area contributed by atoms with Crippen LogP contribution in [0, 0.1) is 0 Å². The minimum atomic E-state index is -0.661. The number of rotatable bonds is 1. The van der Waals surface area contributed by atoms with Crippen molar-refractivity contribution in [1.29, 1.82) is 0 Å². The van der Waals surface area contributed by atoms with Crippen LogP contribution in [0.5, 0.6) is 0 Å². The summed E-state index contributed by atoms with van der Waals surface area (Å²) in [4.78, 5) is 24.7. The van der Waals surface area contributed by atoms with Crippen molar-refractivity contribution in [1.82, 2.24) is 4.58 Å². The molecule has 0 radical (unpaired) electrons. The molecule has 0 unspecified atom stereocenters. The molecule has 1 aromatic rings. The van der Waals surface area contributed by atoms with E-state index in [0.29, 0.717) is 16.5 Å². The molecule has 0 bridgehead atoms. The van der Waals surface area contributed by atoms with Gasteiger partial charge in [-0.15, -0.1) is 0 Å². The van der Waals surface area contributed by atoms with Crippen LogP contribution >= 0.6 is 0 Å². The Morgan fingerprint density at radius 2 is 1.85 bits per heavy atom. The molecule has 4 heteroatoms. The fourth-order valence-electron chi connectivity index (χ4n) is 2.12. The number of amides is 2. The molecule has 0 atom stereocenters. The van der Waals surface area contributed by atoms with Gasteiger partial charge in [-0.3, -0.25) is 0 Å². The summed E-state index contributed by atoms with van der Waals surface area (Å²) < 4.78 is 6.37. The first kappa shape index (κ1) is 14.2. The second kappa shape index (κ2) is 4.71. The van der Waals surface area contributed by atoms with Crippen molar-refractivity contribution >= 4 is 17.6 Å². The third-order valence-corrected chi connectivity index (χ3v) is 2.83. The van der Waals surface area contributed by atoms with Gasteiger partial charge >= 0.3 is 12.0 Å². The summed E-state index contributed by atoms with van der Waals surface area (Å²) in [5, 5.41) is 1.26. The summed E-state index contributed by atoms with van der Waals surface area (Å²) in [6.07, 6.45) is -0.661. The van der Waals surface area contributed by atoms with Gasteiger partial charge in [0.1, 0.15) is 11.2 Å². The van der Waals surface area contributed by atoms with Gasteiger partial charge in [0, 0.05) is 6.07 Å². The highest BCUT2D eigenvalue weighted by atomic mass is 16.6. The minimum Gasteiger partial charge on any atom is -0.406 e. The second-order valence-corrected chi connectivity index (χ2v) is 5.79. The number of nitrogens with zero attached hydrogens (tertiary/aromatic N) is 1. The smallest absolute Gasteiger partial charge is 0.406 e. The summed E-state index contributed by atoms with van der Waals surface area (Å²) in [5.74, 6) is -0.382. The molecule has 2 rings (SSSR count). The molecule has 0 spiro atoms. The topological polar surface area (TPSA) is 46.4 Å². The fourth-order valence-corrected chi connectivity index (χ4v) is 2.12. The fraction of sp³-hybridized carbons (Fsp3) is 0.312. The molecule has 20 heavy (non-hydrogen) atoms. The monoisotopic (exact) mass is 272 g/mol. The maximum atomic E-state index is 12.5. The normalized spacial score (nSPS) is 14.3. The predicted molar refractivity (Wildman–Crippen MR) is 76.4 cm³/mol. The lowest BCUT2D eigenvalue weighted by atomic mass is 10.1. The Morgan fingerprint density at radius 1 is 1.25 bits per heavy atom. The molecule has 0 saturated carbocycles. The van der Waals surface area contributed by atoms with Gasteiger partial charge in [-0.25, -0.2) is 4.79 Å². The first-order valence-corrected chi connectivity index (χ1v) is 6.42. The highest BCUT2D eigenvalue weighted by molar-refractivity contribution is 6.24. The zero-order valence-corrected chi connectivity index (χ0v) is 12.2. The molecule has 4 nitrogen and oxygen atoms in total. The Hall–Kier alpha value is -2.23. The highest BCUT2D eigenvalue weighted by Crippen LogP contribution is 2.13. The Kier molecular flexibility index (Phi) is 3.34. The minimum absolute atomic E-state index is 0.382. The van der Waals surface area contributed by atoms with E-state index in [9.17, 15) is 9.59 Å². The number of para-hydroxylation sites is 1. The van der Waals surface area contributed by atoms with Gasteiger partial charge < -0.3 is 4.74 Å². The molecule has 1 aliphatic rings. The highest BCUT2D eigenvalue weighted by Gasteiger charge is 2.40. The van der Waals surface area contributed by atoms with Gasteiger partial charge in [0.15, 0.2) is 0 Å². The Balaban J connectivity index is 2.68. The van der Waals surface area contributed by atoms with Crippen molar-refractivity contribution in [3.63, 3.8) is 0 Å². The SMILES string of the molecule is C=C(C)C1=c2ccccc2=[N+](C(=O)OC(C)(C)C)C1=O. The summed E-state index contributed by atoms with van der Waals surface area (Å²) in [7, 11) is 0. The molecule has 1 aliphatic heterocycles. The average molecular weight is 272 g/mol. The molecule has 1 heterocycles. The third-order valence-electron chi connectivity index (χ3n) is 2.83. The van der Waals surface area contributed by atoms with Crippen molar-refractivity contribution in [3.8, 4) is 0 Å². The van der Waals surface area contributed by atoms with Crippen molar-refractivity contribution in [3.05, 3.63) is 47.0 Å². The van der Waals surface area contributed by atoms with Gasteiger partial charge in [-0.2, -0.15) is 4.79 Å². The zero-order chi connectivity index (χ0) is 15.1. The van der Waals surface area contributed by atoms with E-state index in [4.69, 9.17) is 4.74 Å². The third kappa shape index (κ3) is 2.41. The van der Waals surface area contributed by atoms with Crippen LogP contribution < -0.4 is 15.2 Å². The number of carbonyl (C=O) groups excluding carboxylic acids is 2. The summed E-state index contributed by atoms with van der Waals surface area (Å²) in [5.41, 5.74) is 0.443. The second-order valence-electron chi connectivity index (χ2n) is 5.79. The molecule has 2 amide bonds. The summed E-state index contributed by atoms with van der Waals surface area (Å²) in [6.45, 7) is 10.9. The molecule has 0 fully saturated rings. The number of hydrogen-bond acceptors (Lipinski definition) is 3. The van der Waals surface area contributed by atoms with Crippen LogP contribution in [0.2, 0.25) is 0 Å². The van der Waals surface area contributed by atoms with Crippen molar-refractivity contribution in [2.24, 2.45) is 0 Å². The number of imide groups is 1. The van der Waals surface area contributed by atoms with Crippen LogP contribution in [-0.4, -0.2) is 17.6 Å². The molecular formula is C16H18NO3+. The first-order chi connectivity index (χ1) is 9.22. The van der Waals surface area contributed by atoms with Crippen LogP contribution in [0.15, 0.2) is 36.4 Å². The van der Waals surface area contributed by atoms with E-state index in [1.807, 2.05) is 12.1 Å². The lowest BCUT2D eigenvalue weighted by molar-refractivity contribution is -0.116. The van der Waals surface area contributed by atoms with E-state index >= 15 is 0 Å². The van der Waals surface area contributed by atoms with E-state index in [2.05, 4.69) is 6.58 Å². The van der Waals surface area contributed by atoms with Crippen molar-refractivity contribution < 1.29 is 14.3 Å². The van der Waals surface area contributed by atoms with E-state index < -0.39 is 11.7 Å². The van der Waals surface area contributed by atoms with Gasteiger partial charge in [0.05, 0.1) is 5.22 Å². The molecular weight excluding hydrogens is 254 g/mol. The average Bonchev–Trinajstić information content (AvgIpc) is 2.58. The van der Waals surface area contributed by atoms with Crippen LogP contribution in [0.25, 0.3) is 5.57 Å².